The Balaban J connectivity index is 0.00000129. The van der Waals surface area contributed by atoms with E-state index >= 15 is 0 Å². The van der Waals surface area contributed by atoms with Crippen LogP contribution in [0.2, 0.25) is 0 Å². The van der Waals surface area contributed by atoms with Gasteiger partial charge in [-0.3, -0.25) is 0 Å². The lowest BCUT2D eigenvalue weighted by molar-refractivity contribution is -0.0987. The zero-order chi connectivity index (χ0) is 22.9. The van der Waals surface area contributed by atoms with Gasteiger partial charge in [-0.05, 0) is 47.9 Å². The van der Waals surface area contributed by atoms with Crippen LogP contribution >= 0.6 is 0 Å². The van der Waals surface area contributed by atoms with E-state index < -0.39 is 0 Å². The summed E-state index contributed by atoms with van der Waals surface area (Å²) in [7, 11) is 0. The molecular formula is C26H32O4. The van der Waals surface area contributed by atoms with Crippen LogP contribution in [0, 0.1) is 5.92 Å². The number of rotatable bonds is 5. The number of hydrogen-bond donors (Lipinski definition) is 1. The molecule has 160 valence electrons. The normalized spacial score (nSPS) is 14.2. The van der Waals surface area contributed by atoms with Gasteiger partial charge in [-0.25, -0.2) is 0 Å². The Morgan fingerprint density at radius 2 is 1.43 bits per heavy atom. The molecular weight excluding hydrogens is 376 g/mol. The molecule has 1 atom stereocenters. The number of hydrogen-bond acceptors (Lipinski definition) is 4. The Bertz CT molecular complexity index is 803. The molecule has 0 heterocycles. The Labute approximate surface area is 180 Å². The number of allylic oxidation sites excluding steroid dienone is 4. The highest BCUT2D eigenvalue weighted by Gasteiger charge is 2.21. The fraction of sp³-hybridized carbons (Fsp3) is 0.231. The van der Waals surface area contributed by atoms with Gasteiger partial charge < -0.3 is 19.4 Å². The smallest absolute Gasteiger partial charge is 0.127 e. The van der Waals surface area contributed by atoms with Gasteiger partial charge in [0.25, 0.3) is 0 Å². The predicted octanol–water partition coefficient (Wildman–Crippen LogP) is 6.95. The first-order valence-electron chi connectivity index (χ1n) is 9.90. The van der Waals surface area contributed by atoms with Crippen molar-refractivity contribution in [1.82, 2.24) is 0 Å². The van der Waals surface area contributed by atoms with E-state index in [1.165, 1.54) is 0 Å². The van der Waals surface area contributed by atoms with E-state index in [1.54, 1.807) is 6.08 Å². The molecule has 1 aliphatic rings. The SMILES string of the molecule is C=C1C(c2ccc(Oc3ccccc3)cc2)=C(O)C=CC1CCC.C=O.C=O.CC. The fourth-order valence-corrected chi connectivity index (χ4v) is 2.99. The lowest BCUT2D eigenvalue weighted by atomic mass is 9.82. The monoisotopic (exact) mass is 408 g/mol. The summed E-state index contributed by atoms with van der Waals surface area (Å²) in [5.74, 6) is 2.15. The van der Waals surface area contributed by atoms with Gasteiger partial charge in [0.1, 0.15) is 30.8 Å². The van der Waals surface area contributed by atoms with Crippen molar-refractivity contribution in [1.29, 1.82) is 0 Å². The van der Waals surface area contributed by atoms with Crippen molar-refractivity contribution < 1.29 is 19.4 Å². The maximum Gasteiger partial charge on any atom is 0.127 e. The number of para-hydroxylation sites is 1. The molecule has 0 amide bonds. The van der Waals surface area contributed by atoms with Gasteiger partial charge in [0.15, 0.2) is 0 Å². The third-order valence-corrected chi connectivity index (χ3v) is 4.23. The molecule has 3 rings (SSSR count). The molecule has 2 aromatic carbocycles. The summed E-state index contributed by atoms with van der Waals surface area (Å²) in [5.41, 5.74) is 2.78. The average molecular weight is 409 g/mol. The molecule has 0 fully saturated rings. The van der Waals surface area contributed by atoms with Gasteiger partial charge in [0, 0.05) is 11.5 Å². The minimum absolute atomic E-state index is 0.282. The van der Waals surface area contributed by atoms with Gasteiger partial charge in [-0.1, -0.05) is 70.2 Å². The Hall–Kier alpha value is -3.40. The molecule has 0 radical (unpaired) electrons. The molecule has 4 nitrogen and oxygen atoms in total. The summed E-state index contributed by atoms with van der Waals surface area (Å²) in [6, 6.07) is 17.5. The lowest BCUT2D eigenvalue weighted by Crippen LogP contribution is -2.08. The first-order valence-corrected chi connectivity index (χ1v) is 9.90. The topological polar surface area (TPSA) is 63.6 Å². The Morgan fingerprint density at radius 1 is 0.900 bits per heavy atom. The van der Waals surface area contributed by atoms with E-state index in [1.807, 2.05) is 88.1 Å². The Morgan fingerprint density at radius 3 is 1.97 bits per heavy atom. The molecule has 2 aromatic rings. The molecule has 0 saturated carbocycles. The van der Waals surface area contributed by atoms with Crippen molar-refractivity contribution in [3.8, 4) is 11.5 Å². The summed E-state index contributed by atoms with van der Waals surface area (Å²) in [4.78, 5) is 16.0. The summed E-state index contributed by atoms with van der Waals surface area (Å²) in [6.07, 6.45) is 5.96. The first-order chi connectivity index (χ1) is 14.7. The van der Waals surface area contributed by atoms with Crippen molar-refractivity contribution in [2.45, 2.75) is 33.6 Å². The minimum atomic E-state index is 0.282. The van der Waals surface area contributed by atoms with Crippen molar-refractivity contribution in [2.24, 2.45) is 5.92 Å². The quantitative estimate of drug-likeness (QED) is 0.581. The number of aliphatic hydroxyl groups is 1. The second-order valence-electron chi connectivity index (χ2n) is 5.98. The largest absolute Gasteiger partial charge is 0.507 e. The third-order valence-electron chi connectivity index (χ3n) is 4.23. The van der Waals surface area contributed by atoms with Crippen molar-refractivity contribution in [3.63, 3.8) is 0 Å². The highest BCUT2D eigenvalue weighted by molar-refractivity contribution is 5.83. The zero-order valence-electron chi connectivity index (χ0n) is 18.1. The molecule has 0 aromatic heterocycles. The maximum absolute atomic E-state index is 10.3. The summed E-state index contributed by atoms with van der Waals surface area (Å²) < 4.78 is 5.82. The van der Waals surface area contributed by atoms with Crippen molar-refractivity contribution in [2.75, 3.05) is 0 Å². The van der Waals surface area contributed by atoms with Crippen molar-refractivity contribution in [3.05, 3.63) is 90.2 Å². The molecule has 1 unspecified atom stereocenters. The molecule has 30 heavy (non-hydrogen) atoms. The van der Waals surface area contributed by atoms with E-state index in [0.29, 0.717) is 5.92 Å². The number of carbonyl (C=O) groups excluding carboxylic acids is 2. The van der Waals surface area contributed by atoms with Gasteiger partial charge in [-0.15, -0.1) is 0 Å². The van der Waals surface area contributed by atoms with Gasteiger partial charge in [0.2, 0.25) is 0 Å². The standard InChI is InChI=1S/C22H22O2.C2H6.2CH2O/c1-3-7-17-12-15-21(23)22(16(17)2)18-10-13-20(14-11-18)24-19-8-5-4-6-9-19;3*1-2/h4-6,8-15,17,23H,2-3,7H2,1H3;1-2H3;2*1H2. The molecule has 1 aliphatic carbocycles. The van der Waals surface area contributed by atoms with E-state index in [-0.39, 0.29) is 5.76 Å². The lowest BCUT2D eigenvalue weighted by Gasteiger charge is -2.23. The fourth-order valence-electron chi connectivity index (χ4n) is 2.99. The third kappa shape index (κ3) is 7.55. The minimum Gasteiger partial charge on any atom is -0.507 e. The second kappa shape index (κ2) is 15.5. The molecule has 0 saturated heterocycles. The maximum atomic E-state index is 10.3. The van der Waals surface area contributed by atoms with Crippen LogP contribution in [0.5, 0.6) is 11.5 Å². The van der Waals surface area contributed by atoms with Crippen LogP contribution in [-0.4, -0.2) is 18.7 Å². The molecule has 1 N–H and O–H groups in total. The van der Waals surface area contributed by atoms with Crippen LogP contribution < -0.4 is 4.74 Å². The van der Waals surface area contributed by atoms with Gasteiger partial charge in [-0.2, -0.15) is 0 Å². The summed E-state index contributed by atoms with van der Waals surface area (Å²) in [5, 5.41) is 10.3. The number of aliphatic hydroxyl groups excluding tert-OH is 1. The first kappa shape index (κ1) is 26.6. The van der Waals surface area contributed by atoms with E-state index in [2.05, 4.69) is 13.5 Å². The van der Waals surface area contributed by atoms with Crippen LogP contribution in [0.3, 0.4) is 0 Å². The number of benzene rings is 2. The van der Waals surface area contributed by atoms with E-state index in [0.717, 1.165) is 41.1 Å². The number of ether oxygens (including phenoxy) is 1. The van der Waals surface area contributed by atoms with Crippen LogP contribution in [0.1, 0.15) is 39.2 Å². The van der Waals surface area contributed by atoms with Crippen LogP contribution in [0.15, 0.2) is 84.7 Å². The van der Waals surface area contributed by atoms with E-state index in [9.17, 15) is 5.11 Å². The molecule has 0 spiro atoms. The predicted molar refractivity (Wildman–Crippen MR) is 125 cm³/mol. The average Bonchev–Trinajstić information content (AvgIpc) is 2.82. The van der Waals surface area contributed by atoms with Crippen LogP contribution in [0.25, 0.3) is 5.57 Å². The van der Waals surface area contributed by atoms with E-state index in [4.69, 9.17) is 14.3 Å². The second-order valence-corrected chi connectivity index (χ2v) is 5.98. The molecule has 0 aliphatic heterocycles. The molecule has 0 bridgehead atoms. The summed E-state index contributed by atoms with van der Waals surface area (Å²) >= 11 is 0. The van der Waals surface area contributed by atoms with Crippen LogP contribution in [0.4, 0.5) is 0 Å². The molecule has 4 heteroatoms. The van der Waals surface area contributed by atoms with Crippen LogP contribution in [-0.2, 0) is 9.59 Å². The van der Waals surface area contributed by atoms with Gasteiger partial charge in [0.05, 0.1) is 0 Å². The summed E-state index contributed by atoms with van der Waals surface area (Å²) in [6.45, 7) is 14.4. The Kier molecular flexibility index (Phi) is 13.8. The highest BCUT2D eigenvalue weighted by Crippen LogP contribution is 2.37. The number of carbonyl (C=O) groups is 2. The highest BCUT2D eigenvalue weighted by atomic mass is 16.5. The zero-order valence-corrected chi connectivity index (χ0v) is 18.1. The van der Waals surface area contributed by atoms with Crippen molar-refractivity contribution >= 4 is 19.2 Å². The van der Waals surface area contributed by atoms with Gasteiger partial charge >= 0.3 is 0 Å².